The molecule has 0 bridgehead atoms. The zero-order valence-corrected chi connectivity index (χ0v) is 55.8. The van der Waals surface area contributed by atoms with Crippen LogP contribution in [0.1, 0.15) is 219 Å². The van der Waals surface area contributed by atoms with Crippen molar-refractivity contribution in [2.45, 2.75) is 224 Å². The van der Waals surface area contributed by atoms with Gasteiger partial charge in [0.2, 0.25) is 11.6 Å². The molecular weight excluding hydrogens is 1040 g/mol. The minimum absolute atomic E-state index is 0.0806. The third-order valence-corrected chi connectivity index (χ3v) is 23.3. The van der Waals surface area contributed by atoms with Crippen molar-refractivity contribution < 1.29 is 28.7 Å². The van der Waals surface area contributed by atoms with Crippen molar-refractivity contribution in [1.29, 1.82) is 0 Å². The second-order valence-corrected chi connectivity index (χ2v) is 32.3. The van der Waals surface area contributed by atoms with Gasteiger partial charge in [-0.1, -0.05) is 199 Å². The number of rotatable bonds is 22. The molecule has 0 saturated heterocycles. The molecule has 0 amide bonds. The van der Waals surface area contributed by atoms with Crippen LogP contribution in [0, 0.1) is 38.5 Å². The van der Waals surface area contributed by atoms with Crippen LogP contribution < -0.4 is 0 Å². The average Bonchev–Trinajstić information content (AvgIpc) is 3.62. The van der Waals surface area contributed by atoms with Crippen LogP contribution >= 0.6 is 0 Å². The van der Waals surface area contributed by atoms with Gasteiger partial charge >= 0.3 is 0 Å². The van der Waals surface area contributed by atoms with Crippen LogP contribution in [0.4, 0.5) is 0 Å². The van der Waals surface area contributed by atoms with E-state index >= 15 is 0 Å². The van der Waals surface area contributed by atoms with Gasteiger partial charge in [0.25, 0.3) is 0 Å². The third-order valence-electron chi connectivity index (χ3n) is 18.8. The highest BCUT2D eigenvalue weighted by molar-refractivity contribution is 6.74. The highest BCUT2D eigenvalue weighted by atomic mass is 28.4. The molecule has 7 heteroatoms. The second kappa shape index (κ2) is 27.4. The monoisotopic (exact) mass is 1140 g/mol. The van der Waals surface area contributed by atoms with Gasteiger partial charge in [-0.3, -0.25) is 19.2 Å². The first-order chi connectivity index (χ1) is 38.6. The van der Waals surface area contributed by atoms with E-state index in [1.807, 2.05) is 36.4 Å². The zero-order valence-electron chi connectivity index (χ0n) is 54.8. The first-order valence-corrected chi connectivity index (χ1v) is 33.6. The Kier molecular flexibility index (Phi) is 22.5. The summed E-state index contributed by atoms with van der Waals surface area (Å²) in [7, 11) is -1.88. The number of Topliss-reactive ketones (excluding diaryl/α,β-unsaturated/α-hetero) is 4. The minimum atomic E-state index is -1.88. The number of aliphatic hydroxyl groups is 1. The molecule has 6 rings (SSSR count). The van der Waals surface area contributed by atoms with E-state index in [2.05, 4.69) is 204 Å². The van der Waals surface area contributed by atoms with Crippen molar-refractivity contribution >= 4 is 31.5 Å². The molecular formula is C76H102O6Si. The predicted octanol–water partition coefficient (Wildman–Crippen LogP) is 19.4. The Balaban J connectivity index is 0.000000308. The summed E-state index contributed by atoms with van der Waals surface area (Å²) in [6.07, 6.45) is 7.49. The maximum atomic E-state index is 12.3. The van der Waals surface area contributed by atoms with Crippen molar-refractivity contribution in [3.8, 4) is 22.3 Å². The molecule has 0 aliphatic carbocycles. The molecule has 0 saturated carbocycles. The summed E-state index contributed by atoms with van der Waals surface area (Å²) in [4.78, 5) is 47.9. The summed E-state index contributed by atoms with van der Waals surface area (Å²) in [5.41, 5.74) is 17.6. The van der Waals surface area contributed by atoms with Crippen molar-refractivity contribution in [2.24, 2.45) is 10.8 Å². The third kappa shape index (κ3) is 15.9. The van der Waals surface area contributed by atoms with Crippen molar-refractivity contribution in [2.75, 3.05) is 0 Å². The van der Waals surface area contributed by atoms with Gasteiger partial charge in [0.1, 0.15) is 0 Å². The summed E-state index contributed by atoms with van der Waals surface area (Å²) in [6.45, 7) is 45.3. The lowest BCUT2D eigenvalue weighted by Crippen LogP contribution is -2.47. The molecule has 0 fully saturated rings. The van der Waals surface area contributed by atoms with Crippen molar-refractivity contribution in [3.63, 3.8) is 0 Å². The van der Waals surface area contributed by atoms with Gasteiger partial charge in [0.15, 0.2) is 19.9 Å². The zero-order chi connectivity index (χ0) is 62.2. The number of aliphatic hydroxyl groups excluding tert-OH is 1. The Bertz CT molecular complexity index is 3250. The average molecular weight is 1140 g/mol. The van der Waals surface area contributed by atoms with Crippen molar-refractivity contribution in [1.82, 2.24) is 0 Å². The SMILES string of the molecule is CCC(CC)(c1ccc(CCC(O)C(C)(C)C)c(C)c1)c1ccc(-c2cccc(C(=O)C(C)=O)c2)c(C)c1.CCC(CC)(c1ccc(CCC(O[Si](C)(C)C(C)(C)C)C(C)(C)C)c(C)c1)c1ccc(-c2cccc(C(=O)C(C)=O)c2)c(C)c1. The summed E-state index contributed by atoms with van der Waals surface area (Å²) in [6, 6.07) is 42.2. The van der Waals surface area contributed by atoms with Gasteiger partial charge in [-0.25, -0.2) is 0 Å². The number of benzene rings is 6. The fourth-order valence-corrected chi connectivity index (χ4v) is 13.4. The van der Waals surface area contributed by atoms with E-state index in [1.54, 1.807) is 12.1 Å². The van der Waals surface area contributed by atoms with E-state index in [0.29, 0.717) is 11.1 Å². The van der Waals surface area contributed by atoms with E-state index in [-0.39, 0.29) is 38.9 Å². The van der Waals surface area contributed by atoms with Gasteiger partial charge in [-0.15, -0.1) is 0 Å². The van der Waals surface area contributed by atoms with Gasteiger partial charge in [-0.05, 0) is 198 Å². The second-order valence-electron chi connectivity index (χ2n) is 27.5. The molecule has 2 unspecified atom stereocenters. The highest BCUT2D eigenvalue weighted by Gasteiger charge is 2.42. The Labute approximate surface area is 502 Å². The van der Waals surface area contributed by atoms with E-state index in [4.69, 9.17) is 4.43 Å². The Morgan fingerprint density at radius 3 is 1.12 bits per heavy atom. The van der Waals surface area contributed by atoms with Crippen LogP contribution in [0.25, 0.3) is 22.3 Å². The molecule has 6 aromatic rings. The Morgan fingerprint density at radius 2 is 0.819 bits per heavy atom. The topological polar surface area (TPSA) is 97.7 Å². The van der Waals surface area contributed by atoms with Crippen LogP contribution in [-0.2, 0) is 37.7 Å². The maximum Gasteiger partial charge on any atom is 0.228 e. The lowest BCUT2D eigenvalue weighted by atomic mass is 9.69. The molecule has 1 N–H and O–H groups in total. The first-order valence-electron chi connectivity index (χ1n) is 30.7. The molecule has 0 aliphatic heterocycles. The van der Waals surface area contributed by atoms with Crippen LogP contribution in [0.15, 0.2) is 121 Å². The summed E-state index contributed by atoms with van der Waals surface area (Å²) >= 11 is 0. The smallest absolute Gasteiger partial charge is 0.228 e. The molecule has 6 nitrogen and oxygen atoms in total. The summed E-state index contributed by atoms with van der Waals surface area (Å²) in [5, 5.41) is 10.7. The quantitative estimate of drug-likeness (QED) is 0.0413. The normalized spacial score (nSPS) is 13.2. The summed E-state index contributed by atoms with van der Waals surface area (Å²) in [5.74, 6) is -1.79. The minimum Gasteiger partial charge on any atom is -0.413 e. The fourth-order valence-electron chi connectivity index (χ4n) is 11.9. The molecule has 2 atom stereocenters. The van der Waals surface area contributed by atoms with Gasteiger partial charge < -0.3 is 9.53 Å². The molecule has 83 heavy (non-hydrogen) atoms. The number of carbonyl (C=O) groups excluding carboxylic acids is 4. The molecule has 6 aromatic carbocycles. The fraction of sp³-hybridized carbons (Fsp3) is 0.474. The van der Waals surface area contributed by atoms with Crippen LogP contribution in [-0.4, -0.2) is 48.8 Å². The molecule has 0 spiro atoms. The van der Waals surface area contributed by atoms with Gasteiger partial charge in [-0.2, -0.15) is 0 Å². The standard InChI is InChI=1S/C41H58O3Si.C35H44O3/c1-14-41(15-2,35-22-23-36(29(4)26-35)32-17-16-18-33(27-32)38(43)30(5)42)34-21-19-31(28(3)25-34)20-24-37(39(6,7)8)44-45(12,13)40(9,10)11;1-9-35(10-2,29-16-14-26(23(3)20-29)15-19-32(37)34(6,7)8)30-17-18-31(24(4)21-30)27-12-11-13-28(22-27)33(38)25(5)36/h16-19,21-23,25-27,37H,14-15,20,24H2,1-13H3;11-14,16-18,20-22,32,37H,9-10,15,19H2,1-8H3. The van der Waals surface area contributed by atoms with E-state index < -0.39 is 31.5 Å². The summed E-state index contributed by atoms with van der Waals surface area (Å²) < 4.78 is 6.99. The highest BCUT2D eigenvalue weighted by Crippen LogP contribution is 2.45. The van der Waals surface area contributed by atoms with Gasteiger partial charge in [0, 0.05) is 35.8 Å². The Hall–Kier alpha value is -5.86. The van der Waals surface area contributed by atoms with Crippen LogP contribution in [0.2, 0.25) is 18.1 Å². The molecule has 0 aliphatic rings. The number of hydrogen-bond acceptors (Lipinski definition) is 6. The largest absolute Gasteiger partial charge is 0.413 e. The lowest BCUT2D eigenvalue weighted by molar-refractivity contribution is -0.113. The van der Waals surface area contributed by atoms with Crippen molar-refractivity contribution in [3.05, 3.63) is 188 Å². The maximum absolute atomic E-state index is 12.3. The predicted molar refractivity (Wildman–Crippen MR) is 352 cm³/mol. The number of hydrogen-bond donors (Lipinski definition) is 1. The molecule has 0 heterocycles. The number of carbonyl (C=O) groups is 4. The van der Waals surface area contributed by atoms with Crippen LogP contribution in [0.3, 0.4) is 0 Å². The number of aryl methyl sites for hydroxylation is 6. The lowest BCUT2D eigenvalue weighted by Gasteiger charge is -2.43. The van der Waals surface area contributed by atoms with E-state index in [0.717, 1.165) is 84.7 Å². The first kappa shape index (κ1) is 67.9. The van der Waals surface area contributed by atoms with E-state index in [9.17, 15) is 24.3 Å². The van der Waals surface area contributed by atoms with E-state index in [1.165, 1.54) is 58.4 Å². The number of ketones is 4. The molecule has 446 valence electrons. The van der Waals surface area contributed by atoms with Gasteiger partial charge in [0.05, 0.1) is 12.2 Å². The van der Waals surface area contributed by atoms with Crippen LogP contribution in [0.5, 0.6) is 0 Å². The Morgan fingerprint density at radius 1 is 0.470 bits per heavy atom. The molecule has 0 radical (unpaired) electrons. The molecule has 0 aromatic heterocycles.